The molecule has 1 aromatic carbocycles. The Morgan fingerprint density at radius 2 is 2.00 bits per heavy atom. The van der Waals surface area contributed by atoms with Gasteiger partial charge in [0.15, 0.2) is 11.5 Å². The highest BCUT2D eigenvalue weighted by atomic mass is 16.1. The topological polar surface area (TPSA) is 123 Å². The van der Waals surface area contributed by atoms with Gasteiger partial charge in [0.25, 0.3) is 5.91 Å². The van der Waals surface area contributed by atoms with Gasteiger partial charge in [-0.3, -0.25) is 9.78 Å². The summed E-state index contributed by atoms with van der Waals surface area (Å²) in [7, 11) is 0. The first kappa shape index (κ1) is 18.8. The fraction of sp³-hybridized carbons (Fsp3) is 0.238. The molecule has 1 saturated heterocycles. The van der Waals surface area contributed by atoms with Crippen LogP contribution in [0.5, 0.6) is 0 Å². The molecule has 2 aromatic heterocycles. The largest absolute Gasteiger partial charge is 0.396 e. The van der Waals surface area contributed by atoms with Crippen molar-refractivity contribution >= 4 is 23.0 Å². The summed E-state index contributed by atoms with van der Waals surface area (Å²) >= 11 is 0. The molecule has 1 atom stereocenters. The van der Waals surface area contributed by atoms with Crippen molar-refractivity contribution in [3.05, 3.63) is 60.7 Å². The molecular formula is C21H23N7O. The van der Waals surface area contributed by atoms with E-state index in [9.17, 15) is 4.79 Å². The molecule has 5 N–H and O–H groups in total. The smallest absolute Gasteiger partial charge is 0.276 e. The van der Waals surface area contributed by atoms with Crippen LogP contribution in [0.3, 0.4) is 0 Å². The highest BCUT2D eigenvalue weighted by molar-refractivity contribution is 6.07. The van der Waals surface area contributed by atoms with Crippen LogP contribution in [0.25, 0.3) is 11.4 Å². The summed E-state index contributed by atoms with van der Waals surface area (Å²) in [6, 6.07) is 11.4. The Labute approximate surface area is 169 Å². The monoisotopic (exact) mass is 389 g/mol. The molecule has 0 radical (unpaired) electrons. The van der Waals surface area contributed by atoms with Crippen LogP contribution in [0.15, 0.2) is 55.0 Å². The number of aromatic nitrogens is 3. The molecular weight excluding hydrogens is 366 g/mol. The van der Waals surface area contributed by atoms with Crippen LogP contribution < -0.4 is 21.7 Å². The van der Waals surface area contributed by atoms with E-state index in [1.165, 1.54) is 6.20 Å². The standard InChI is InChI=1S/C21H23N7O/c22-15-7-4-10-28(13-15)18-8-9-24-12-17(18)26-21(29)19-16(23)11-25-20(27-19)14-5-2-1-3-6-14/h1-3,5-6,8-9,11-12,15H,4,7,10,13,22-23H2,(H,26,29)/t15-/m0/s1. The third-order valence-electron chi connectivity index (χ3n) is 4.91. The average molecular weight is 389 g/mol. The van der Waals surface area contributed by atoms with Crippen LogP contribution in [0, 0.1) is 0 Å². The third kappa shape index (κ3) is 4.17. The molecule has 29 heavy (non-hydrogen) atoms. The van der Waals surface area contributed by atoms with Crippen LogP contribution >= 0.6 is 0 Å². The minimum atomic E-state index is -0.405. The Hall–Kier alpha value is -3.52. The normalized spacial score (nSPS) is 16.4. The Kier molecular flexibility index (Phi) is 5.35. The van der Waals surface area contributed by atoms with E-state index < -0.39 is 5.91 Å². The second kappa shape index (κ2) is 8.24. The van der Waals surface area contributed by atoms with Crippen molar-refractivity contribution in [2.24, 2.45) is 5.73 Å². The molecule has 4 rings (SSSR count). The van der Waals surface area contributed by atoms with Crippen molar-refractivity contribution in [1.29, 1.82) is 0 Å². The summed E-state index contributed by atoms with van der Waals surface area (Å²) in [6.07, 6.45) is 6.80. The van der Waals surface area contributed by atoms with E-state index in [0.29, 0.717) is 11.5 Å². The van der Waals surface area contributed by atoms with Gasteiger partial charge in [-0.1, -0.05) is 30.3 Å². The number of nitrogens with one attached hydrogen (secondary N) is 1. The van der Waals surface area contributed by atoms with Crippen molar-refractivity contribution in [2.45, 2.75) is 18.9 Å². The van der Waals surface area contributed by atoms with Gasteiger partial charge in [0.1, 0.15) is 0 Å². The zero-order chi connectivity index (χ0) is 20.2. The van der Waals surface area contributed by atoms with Gasteiger partial charge in [-0.15, -0.1) is 0 Å². The van der Waals surface area contributed by atoms with Crippen LogP contribution in [-0.4, -0.2) is 40.0 Å². The highest BCUT2D eigenvalue weighted by Crippen LogP contribution is 2.28. The molecule has 0 bridgehead atoms. The van der Waals surface area contributed by atoms with Crippen molar-refractivity contribution in [1.82, 2.24) is 15.0 Å². The lowest BCUT2D eigenvalue weighted by Gasteiger charge is -2.33. The summed E-state index contributed by atoms with van der Waals surface area (Å²) in [6.45, 7) is 1.62. The maximum atomic E-state index is 13.0. The summed E-state index contributed by atoms with van der Waals surface area (Å²) in [4.78, 5) is 27.9. The average Bonchev–Trinajstić information content (AvgIpc) is 2.75. The highest BCUT2D eigenvalue weighted by Gasteiger charge is 2.21. The molecule has 3 heterocycles. The van der Waals surface area contributed by atoms with Gasteiger partial charge in [-0.05, 0) is 18.9 Å². The van der Waals surface area contributed by atoms with Gasteiger partial charge in [0, 0.05) is 30.9 Å². The molecule has 8 heteroatoms. The number of carbonyl (C=O) groups is 1. The molecule has 1 fully saturated rings. The third-order valence-corrected chi connectivity index (χ3v) is 4.91. The SMILES string of the molecule is Nc1cnc(-c2ccccc2)nc1C(=O)Nc1cnccc1N1CCC[C@H](N)C1. The first-order valence-corrected chi connectivity index (χ1v) is 9.55. The van der Waals surface area contributed by atoms with Gasteiger partial charge in [0.2, 0.25) is 0 Å². The number of pyridine rings is 1. The van der Waals surface area contributed by atoms with Crippen LogP contribution in [0.2, 0.25) is 0 Å². The first-order chi connectivity index (χ1) is 14.1. The molecule has 0 spiro atoms. The van der Waals surface area contributed by atoms with Crippen LogP contribution in [-0.2, 0) is 0 Å². The van der Waals surface area contributed by atoms with Crippen molar-refractivity contribution in [2.75, 3.05) is 29.0 Å². The van der Waals surface area contributed by atoms with Gasteiger partial charge in [-0.25, -0.2) is 9.97 Å². The molecule has 1 amide bonds. The van der Waals surface area contributed by atoms with Gasteiger partial charge in [0.05, 0.1) is 29.5 Å². The number of nitrogens with zero attached hydrogens (tertiary/aromatic N) is 4. The van der Waals surface area contributed by atoms with E-state index in [1.807, 2.05) is 36.4 Å². The molecule has 0 aliphatic carbocycles. The summed E-state index contributed by atoms with van der Waals surface area (Å²) in [5.74, 6) is 0.0380. The Morgan fingerprint density at radius 3 is 2.79 bits per heavy atom. The minimum absolute atomic E-state index is 0.117. The number of anilines is 3. The molecule has 0 saturated carbocycles. The van der Waals surface area contributed by atoms with Gasteiger partial charge in [-0.2, -0.15) is 0 Å². The quantitative estimate of drug-likeness (QED) is 0.625. The summed E-state index contributed by atoms with van der Waals surface area (Å²) in [5, 5.41) is 2.90. The van der Waals surface area contributed by atoms with E-state index in [1.54, 1.807) is 12.4 Å². The van der Waals surface area contributed by atoms with Crippen molar-refractivity contribution in [3.8, 4) is 11.4 Å². The fourth-order valence-corrected chi connectivity index (χ4v) is 3.47. The van der Waals surface area contributed by atoms with Crippen LogP contribution in [0.1, 0.15) is 23.3 Å². The molecule has 1 aliphatic heterocycles. The van der Waals surface area contributed by atoms with E-state index in [2.05, 4.69) is 25.2 Å². The maximum absolute atomic E-state index is 13.0. The van der Waals surface area contributed by atoms with Crippen molar-refractivity contribution in [3.63, 3.8) is 0 Å². The second-order valence-corrected chi connectivity index (χ2v) is 7.06. The zero-order valence-corrected chi connectivity index (χ0v) is 16.0. The number of hydrogen-bond acceptors (Lipinski definition) is 7. The van der Waals surface area contributed by atoms with E-state index in [0.717, 1.165) is 37.2 Å². The zero-order valence-electron chi connectivity index (χ0n) is 16.0. The number of piperidine rings is 1. The van der Waals surface area contributed by atoms with Gasteiger partial charge >= 0.3 is 0 Å². The number of nitrogen functional groups attached to an aromatic ring is 1. The minimum Gasteiger partial charge on any atom is -0.396 e. The summed E-state index contributed by atoms with van der Waals surface area (Å²) < 4.78 is 0. The van der Waals surface area contributed by atoms with E-state index >= 15 is 0 Å². The lowest BCUT2D eigenvalue weighted by atomic mass is 10.1. The predicted molar refractivity (Wildman–Crippen MR) is 113 cm³/mol. The Bertz CT molecular complexity index is 1010. The number of amides is 1. The number of carbonyl (C=O) groups excluding carboxylic acids is 1. The Morgan fingerprint density at radius 1 is 1.17 bits per heavy atom. The number of rotatable bonds is 4. The molecule has 3 aromatic rings. The lowest BCUT2D eigenvalue weighted by Crippen LogP contribution is -2.43. The first-order valence-electron chi connectivity index (χ1n) is 9.55. The molecule has 148 valence electrons. The van der Waals surface area contributed by atoms with Crippen molar-refractivity contribution < 1.29 is 4.79 Å². The van der Waals surface area contributed by atoms with E-state index in [4.69, 9.17) is 11.5 Å². The number of benzene rings is 1. The van der Waals surface area contributed by atoms with E-state index in [-0.39, 0.29) is 17.4 Å². The number of hydrogen-bond donors (Lipinski definition) is 3. The predicted octanol–water partition coefficient (Wildman–Crippen LogP) is 2.30. The Balaban J connectivity index is 1.61. The maximum Gasteiger partial charge on any atom is 0.276 e. The fourth-order valence-electron chi connectivity index (χ4n) is 3.47. The lowest BCUT2D eigenvalue weighted by molar-refractivity contribution is 0.102. The molecule has 1 aliphatic rings. The molecule has 0 unspecified atom stereocenters. The number of nitrogens with two attached hydrogens (primary N) is 2. The van der Waals surface area contributed by atoms with Crippen LogP contribution in [0.4, 0.5) is 17.1 Å². The summed E-state index contributed by atoms with van der Waals surface area (Å²) in [5.41, 5.74) is 14.8. The molecule has 8 nitrogen and oxygen atoms in total. The second-order valence-electron chi connectivity index (χ2n) is 7.06. The van der Waals surface area contributed by atoms with Gasteiger partial charge < -0.3 is 21.7 Å².